The van der Waals surface area contributed by atoms with Gasteiger partial charge in [0, 0.05) is 5.88 Å². The van der Waals surface area contributed by atoms with E-state index in [1.807, 2.05) is 6.08 Å². The molecule has 0 amide bonds. The van der Waals surface area contributed by atoms with Crippen LogP contribution in [0.25, 0.3) is 0 Å². The lowest BCUT2D eigenvalue weighted by molar-refractivity contribution is 0.350. The highest BCUT2D eigenvalue weighted by molar-refractivity contribution is 6.18. The van der Waals surface area contributed by atoms with Crippen LogP contribution in [0.1, 0.15) is 19.8 Å². The molecule has 0 radical (unpaired) electrons. The van der Waals surface area contributed by atoms with E-state index in [-0.39, 0.29) is 5.41 Å². The lowest BCUT2D eigenvalue weighted by Crippen LogP contribution is -2.15. The number of epoxide rings is 1. The Labute approximate surface area is 73.4 Å². The Morgan fingerprint density at radius 2 is 2.45 bits per heavy atom. The monoisotopic (exact) mass is 174 g/mol. The molecule has 0 bridgehead atoms. The van der Waals surface area contributed by atoms with Gasteiger partial charge in [-0.3, -0.25) is 0 Å². The fourth-order valence-corrected chi connectivity index (χ4v) is 1.19. The van der Waals surface area contributed by atoms with E-state index in [1.54, 1.807) is 0 Å². The first kappa shape index (κ1) is 9.08. The van der Waals surface area contributed by atoms with Crippen molar-refractivity contribution in [2.24, 2.45) is 5.41 Å². The summed E-state index contributed by atoms with van der Waals surface area (Å²) in [7, 11) is 0. The molecule has 1 fully saturated rings. The molecule has 0 aliphatic carbocycles. The number of rotatable bonds is 5. The van der Waals surface area contributed by atoms with Crippen LogP contribution in [0, 0.1) is 5.41 Å². The second-order valence-electron chi connectivity index (χ2n) is 3.49. The summed E-state index contributed by atoms with van der Waals surface area (Å²) in [5.41, 5.74) is 0.105. The Kier molecular flexibility index (Phi) is 2.97. The van der Waals surface area contributed by atoms with Gasteiger partial charge in [-0.15, -0.1) is 18.2 Å². The minimum Gasteiger partial charge on any atom is -0.373 e. The van der Waals surface area contributed by atoms with E-state index >= 15 is 0 Å². The van der Waals surface area contributed by atoms with Gasteiger partial charge in [-0.1, -0.05) is 13.0 Å². The molecule has 2 atom stereocenters. The molecule has 2 unspecified atom stereocenters. The van der Waals surface area contributed by atoms with Crippen molar-refractivity contribution in [2.45, 2.75) is 25.9 Å². The van der Waals surface area contributed by atoms with Gasteiger partial charge >= 0.3 is 0 Å². The van der Waals surface area contributed by atoms with Crippen LogP contribution in [-0.4, -0.2) is 18.6 Å². The van der Waals surface area contributed by atoms with Crippen molar-refractivity contribution in [3.63, 3.8) is 0 Å². The summed E-state index contributed by atoms with van der Waals surface area (Å²) in [6.45, 7) is 6.85. The molecule has 1 nitrogen and oxygen atoms in total. The summed E-state index contributed by atoms with van der Waals surface area (Å²) < 4.78 is 5.12. The third kappa shape index (κ3) is 2.84. The summed E-state index contributed by atoms with van der Waals surface area (Å²) >= 11 is 5.80. The van der Waals surface area contributed by atoms with Gasteiger partial charge in [0.1, 0.15) is 0 Å². The van der Waals surface area contributed by atoms with E-state index in [4.69, 9.17) is 16.3 Å². The zero-order valence-corrected chi connectivity index (χ0v) is 7.73. The zero-order chi connectivity index (χ0) is 8.32. The first-order valence-electron chi connectivity index (χ1n) is 4.01. The Morgan fingerprint density at radius 3 is 2.82 bits per heavy atom. The van der Waals surface area contributed by atoms with E-state index in [1.165, 1.54) is 0 Å². The van der Waals surface area contributed by atoms with Crippen molar-refractivity contribution in [3.8, 4) is 0 Å². The van der Waals surface area contributed by atoms with Crippen molar-refractivity contribution < 1.29 is 4.74 Å². The third-order valence-corrected chi connectivity index (χ3v) is 2.85. The third-order valence-electron chi connectivity index (χ3n) is 2.24. The molecular formula is C9H15ClO. The normalized spacial score (nSPS) is 27.6. The highest BCUT2D eigenvalue weighted by Gasteiger charge is 2.27. The summed E-state index contributed by atoms with van der Waals surface area (Å²) in [6, 6.07) is 0. The summed E-state index contributed by atoms with van der Waals surface area (Å²) in [6.07, 6.45) is 4.67. The quantitative estimate of drug-likeness (QED) is 0.355. The minimum absolute atomic E-state index is 0.105. The SMILES string of the molecule is C=CC(C)(CCl)CCC1CO1. The van der Waals surface area contributed by atoms with Gasteiger partial charge in [0.05, 0.1) is 12.7 Å². The molecule has 1 aliphatic heterocycles. The molecule has 0 N–H and O–H groups in total. The zero-order valence-electron chi connectivity index (χ0n) is 6.98. The highest BCUT2D eigenvalue weighted by Crippen LogP contribution is 2.29. The molecule has 11 heavy (non-hydrogen) atoms. The van der Waals surface area contributed by atoms with Gasteiger partial charge in [-0.05, 0) is 18.3 Å². The predicted octanol–water partition coefficient (Wildman–Crippen LogP) is 2.60. The summed E-state index contributed by atoms with van der Waals surface area (Å²) in [5, 5.41) is 0. The van der Waals surface area contributed by atoms with Crippen molar-refractivity contribution >= 4 is 11.6 Å². The number of hydrogen-bond acceptors (Lipinski definition) is 1. The van der Waals surface area contributed by atoms with Crippen LogP contribution >= 0.6 is 11.6 Å². The summed E-state index contributed by atoms with van der Waals surface area (Å²) in [5.74, 6) is 0.656. The van der Waals surface area contributed by atoms with E-state index in [0.717, 1.165) is 19.4 Å². The Balaban J connectivity index is 2.23. The molecule has 0 aromatic rings. The number of ether oxygens (including phenoxy) is 1. The van der Waals surface area contributed by atoms with Crippen LogP contribution in [0.3, 0.4) is 0 Å². The molecule has 1 rings (SSSR count). The van der Waals surface area contributed by atoms with Gasteiger partial charge in [0.2, 0.25) is 0 Å². The molecule has 0 aromatic carbocycles. The first-order valence-corrected chi connectivity index (χ1v) is 4.55. The van der Waals surface area contributed by atoms with Crippen LogP contribution < -0.4 is 0 Å². The molecule has 1 saturated heterocycles. The molecule has 0 aromatic heterocycles. The van der Waals surface area contributed by atoms with Crippen LogP contribution in [-0.2, 0) is 4.74 Å². The molecule has 64 valence electrons. The second-order valence-corrected chi connectivity index (χ2v) is 3.75. The van der Waals surface area contributed by atoms with Crippen LogP contribution in [0.2, 0.25) is 0 Å². The topological polar surface area (TPSA) is 12.5 Å². The maximum absolute atomic E-state index is 5.80. The van der Waals surface area contributed by atoms with Crippen LogP contribution in [0.4, 0.5) is 0 Å². The Hall–Kier alpha value is -0.0100. The molecule has 0 saturated carbocycles. The fourth-order valence-electron chi connectivity index (χ4n) is 0.949. The first-order chi connectivity index (χ1) is 5.20. The van der Waals surface area contributed by atoms with E-state index in [0.29, 0.717) is 12.0 Å². The van der Waals surface area contributed by atoms with E-state index in [9.17, 15) is 0 Å². The van der Waals surface area contributed by atoms with Gasteiger partial charge in [0.25, 0.3) is 0 Å². The van der Waals surface area contributed by atoms with Crippen LogP contribution in [0.5, 0.6) is 0 Å². The predicted molar refractivity (Wildman–Crippen MR) is 48.0 cm³/mol. The van der Waals surface area contributed by atoms with E-state index < -0.39 is 0 Å². The standard InChI is InChI=1S/C9H15ClO/c1-3-9(2,7-10)5-4-8-6-11-8/h3,8H,1,4-7H2,2H3. The number of allylic oxidation sites excluding steroid dienone is 1. The van der Waals surface area contributed by atoms with E-state index in [2.05, 4.69) is 13.5 Å². The highest BCUT2D eigenvalue weighted by atomic mass is 35.5. The maximum Gasteiger partial charge on any atom is 0.0810 e. The molecule has 1 aliphatic rings. The average molecular weight is 175 g/mol. The smallest absolute Gasteiger partial charge is 0.0810 e. The maximum atomic E-state index is 5.80. The fraction of sp³-hybridized carbons (Fsp3) is 0.778. The lowest BCUT2D eigenvalue weighted by atomic mass is 9.87. The van der Waals surface area contributed by atoms with Crippen molar-refractivity contribution in [1.82, 2.24) is 0 Å². The lowest BCUT2D eigenvalue weighted by Gasteiger charge is -2.21. The van der Waals surface area contributed by atoms with Crippen molar-refractivity contribution in [1.29, 1.82) is 0 Å². The summed E-state index contributed by atoms with van der Waals surface area (Å²) in [4.78, 5) is 0. The van der Waals surface area contributed by atoms with Gasteiger partial charge in [-0.2, -0.15) is 0 Å². The molecule has 0 spiro atoms. The average Bonchev–Trinajstić information content (AvgIpc) is 2.83. The van der Waals surface area contributed by atoms with Gasteiger partial charge < -0.3 is 4.74 Å². The Morgan fingerprint density at radius 1 is 1.82 bits per heavy atom. The van der Waals surface area contributed by atoms with Crippen LogP contribution in [0.15, 0.2) is 12.7 Å². The minimum atomic E-state index is 0.105. The van der Waals surface area contributed by atoms with Crippen molar-refractivity contribution in [3.05, 3.63) is 12.7 Å². The molecule has 2 heteroatoms. The van der Waals surface area contributed by atoms with Gasteiger partial charge in [-0.25, -0.2) is 0 Å². The number of hydrogen-bond donors (Lipinski definition) is 0. The molecule has 1 heterocycles. The Bertz CT molecular complexity index is 142. The largest absolute Gasteiger partial charge is 0.373 e. The number of halogens is 1. The number of alkyl halides is 1. The van der Waals surface area contributed by atoms with Crippen molar-refractivity contribution in [2.75, 3.05) is 12.5 Å². The van der Waals surface area contributed by atoms with Gasteiger partial charge in [0.15, 0.2) is 0 Å². The molecular weight excluding hydrogens is 160 g/mol. The second kappa shape index (κ2) is 3.59.